The van der Waals surface area contributed by atoms with Crippen molar-refractivity contribution in [3.63, 3.8) is 0 Å². The van der Waals surface area contributed by atoms with E-state index in [0.29, 0.717) is 6.42 Å². The molecule has 114 valence electrons. The summed E-state index contributed by atoms with van der Waals surface area (Å²) >= 11 is 0. The van der Waals surface area contributed by atoms with E-state index in [2.05, 4.69) is 4.72 Å². The standard InChI is InChI=1S/C14H18FN3O2S/c15-12-7-6-11(8-10(12)9-16)21(19,20)18-14-5-3-1-2-4-13(14)17/h6-8,13-14,18H,1-5,17H2. The van der Waals surface area contributed by atoms with Crippen LogP contribution in [0.5, 0.6) is 0 Å². The van der Waals surface area contributed by atoms with E-state index in [-0.39, 0.29) is 22.5 Å². The summed E-state index contributed by atoms with van der Waals surface area (Å²) < 4.78 is 40.5. The average molecular weight is 311 g/mol. The molecule has 1 saturated carbocycles. The predicted octanol–water partition coefficient (Wildman–Crippen LogP) is 1.64. The highest BCUT2D eigenvalue weighted by atomic mass is 32.2. The van der Waals surface area contributed by atoms with Crippen molar-refractivity contribution in [2.24, 2.45) is 5.73 Å². The molecule has 0 aromatic heterocycles. The number of hydrogen-bond donors (Lipinski definition) is 2. The largest absolute Gasteiger partial charge is 0.326 e. The molecule has 0 amide bonds. The van der Waals surface area contributed by atoms with Crippen molar-refractivity contribution in [3.05, 3.63) is 29.6 Å². The molecular weight excluding hydrogens is 293 g/mol. The van der Waals surface area contributed by atoms with E-state index in [1.807, 2.05) is 0 Å². The van der Waals surface area contributed by atoms with E-state index < -0.39 is 15.8 Å². The number of nitrogens with two attached hydrogens (primary N) is 1. The molecule has 1 fully saturated rings. The smallest absolute Gasteiger partial charge is 0.240 e. The van der Waals surface area contributed by atoms with Crippen LogP contribution in [-0.2, 0) is 10.0 Å². The van der Waals surface area contributed by atoms with Gasteiger partial charge < -0.3 is 5.73 Å². The lowest BCUT2D eigenvalue weighted by Crippen LogP contribution is -2.46. The van der Waals surface area contributed by atoms with Gasteiger partial charge in [0.25, 0.3) is 0 Å². The highest BCUT2D eigenvalue weighted by Gasteiger charge is 2.26. The fourth-order valence-electron chi connectivity index (χ4n) is 2.51. The van der Waals surface area contributed by atoms with Crippen LogP contribution < -0.4 is 10.5 Å². The topological polar surface area (TPSA) is 96.0 Å². The second-order valence-electron chi connectivity index (χ2n) is 5.28. The fourth-order valence-corrected chi connectivity index (χ4v) is 3.85. The van der Waals surface area contributed by atoms with Gasteiger partial charge in [-0.05, 0) is 31.0 Å². The van der Waals surface area contributed by atoms with E-state index >= 15 is 0 Å². The molecule has 1 aliphatic carbocycles. The Labute approximate surface area is 124 Å². The Balaban J connectivity index is 2.23. The lowest BCUT2D eigenvalue weighted by atomic mass is 10.1. The minimum absolute atomic E-state index is 0.114. The number of benzene rings is 1. The van der Waals surface area contributed by atoms with Crippen LogP contribution in [0.1, 0.15) is 37.7 Å². The van der Waals surface area contributed by atoms with Gasteiger partial charge in [-0.3, -0.25) is 0 Å². The Morgan fingerprint density at radius 1 is 1.29 bits per heavy atom. The maximum atomic E-state index is 13.3. The fraction of sp³-hybridized carbons (Fsp3) is 0.500. The molecule has 0 heterocycles. The third-order valence-corrected chi connectivity index (χ3v) is 5.23. The summed E-state index contributed by atoms with van der Waals surface area (Å²) in [7, 11) is -3.81. The van der Waals surface area contributed by atoms with Gasteiger partial charge in [-0.2, -0.15) is 5.26 Å². The van der Waals surface area contributed by atoms with Gasteiger partial charge in [-0.1, -0.05) is 19.3 Å². The molecule has 3 N–H and O–H groups in total. The quantitative estimate of drug-likeness (QED) is 0.829. The van der Waals surface area contributed by atoms with Gasteiger partial charge in [0, 0.05) is 12.1 Å². The molecule has 0 aliphatic heterocycles. The van der Waals surface area contributed by atoms with Gasteiger partial charge in [0.1, 0.15) is 11.9 Å². The summed E-state index contributed by atoms with van der Waals surface area (Å²) in [4.78, 5) is -0.114. The Bertz CT molecular complexity index is 655. The zero-order valence-electron chi connectivity index (χ0n) is 11.5. The normalized spacial score (nSPS) is 23.3. The Hall–Kier alpha value is -1.49. The van der Waals surface area contributed by atoms with Crippen molar-refractivity contribution in [3.8, 4) is 6.07 Å². The molecule has 0 saturated heterocycles. The van der Waals surface area contributed by atoms with Crippen LogP contribution in [0, 0.1) is 17.1 Å². The minimum atomic E-state index is -3.81. The van der Waals surface area contributed by atoms with Crippen LogP contribution in [-0.4, -0.2) is 20.5 Å². The lowest BCUT2D eigenvalue weighted by Gasteiger charge is -2.22. The summed E-state index contributed by atoms with van der Waals surface area (Å²) in [5.41, 5.74) is 5.72. The molecular formula is C14H18FN3O2S. The molecule has 7 heteroatoms. The molecule has 2 unspecified atom stereocenters. The zero-order chi connectivity index (χ0) is 15.5. The van der Waals surface area contributed by atoms with Crippen molar-refractivity contribution in [2.75, 3.05) is 0 Å². The molecule has 0 spiro atoms. The Morgan fingerprint density at radius 2 is 2.00 bits per heavy atom. The first-order chi connectivity index (χ1) is 9.94. The van der Waals surface area contributed by atoms with Crippen molar-refractivity contribution in [1.29, 1.82) is 5.26 Å². The molecule has 0 radical (unpaired) electrons. The summed E-state index contributed by atoms with van der Waals surface area (Å²) in [6.07, 6.45) is 4.43. The summed E-state index contributed by atoms with van der Waals surface area (Å²) in [5.74, 6) is -0.734. The molecule has 0 bridgehead atoms. The molecule has 1 aliphatic rings. The number of halogens is 1. The first-order valence-corrected chi connectivity index (χ1v) is 8.40. The molecule has 5 nitrogen and oxygen atoms in total. The highest BCUT2D eigenvalue weighted by Crippen LogP contribution is 2.20. The Morgan fingerprint density at radius 3 is 2.71 bits per heavy atom. The van der Waals surface area contributed by atoms with Crippen LogP contribution in [0.15, 0.2) is 23.1 Å². The minimum Gasteiger partial charge on any atom is -0.326 e. The first kappa shape index (κ1) is 15.9. The maximum absolute atomic E-state index is 13.3. The van der Waals surface area contributed by atoms with E-state index in [9.17, 15) is 12.8 Å². The van der Waals surface area contributed by atoms with Crippen molar-refractivity contribution < 1.29 is 12.8 Å². The number of nitrogens with zero attached hydrogens (tertiary/aromatic N) is 1. The molecule has 1 aromatic rings. The Kier molecular flexibility index (Phi) is 4.93. The molecule has 2 rings (SSSR count). The van der Waals surface area contributed by atoms with Gasteiger partial charge in [0.15, 0.2) is 0 Å². The number of sulfonamides is 1. The summed E-state index contributed by atoms with van der Waals surface area (Å²) in [6, 6.07) is 4.27. The van der Waals surface area contributed by atoms with Gasteiger partial charge in [-0.25, -0.2) is 17.5 Å². The molecule has 1 aromatic carbocycles. The van der Waals surface area contributed by atoms with Crippen molar-refractivity contribution in [1.82, 2.24) is 4.72 Å². The average Bonchev–Trinajstić information content (AvgIpc) is 2.64. The van der Waals surface area contributed by atoms with Crippen molar-refractivity contribution >= 4 is 10.0 Å². The van der Waals surface area contributed by atoms with Crippen LogP contribution in [0.4, 0.5) is 4.39 Å². The summed E-state index contributed by atoms with van der Waals surface area (Å²) in [6.45, 7) is 0. The highest BCUT2D eigenvalue weighted by molar-refractivity contribution is 7.89. The van der Waals surface area contributed by atoms with Crippen LogP contribution in [0.3, 0.4) is 0 Å². The second kappa shape index (κ2) is 6.52. The van der Waals surface area contributed by atoms with E-state index in [1.165, 1.54) is 0 Å². The van der Waals surface area contributed by atoms with E-state index in [4.69, 9.17) is 11.0 Å². The van der Waals surface area contributed by atoms with Gasteiger partial charge in [0.05, 0.1) is 10.5 Å². The van der Waals surface area contributed by atoms with Crippen molar-refractivity contribution in [2.45, 2.75) is 49.1 Å². The zero-order valence-corrected chi connectivity index (χ0v) is 12.4. The number of nitrogens with one attached hydrogen (secondary N) is 1. The van der Waals surface area contributed by atoms with Crippen LogP contribution >= 0.6 is 0 Å². The number of hydrogen-bond acceptors (Lipinski definition) is 4. The monoisotopic (exact) mass is 311 g/mol. The van der Waals surface area contributed by atoms with Crippen LogP contribution in [0.2, 0.25) is 0 Å². The second-order valence-corrected chi connectivity index (χ2v) is 7.00. The first-order valence-electron chi connectivity index (χ1n) is 6.91. The summed E-state index contributed by atoms with van der Waals surface area (Å²) in [5, 5.41) is 8.78. The lowest BCUT2D eigenvalue weighted by molar-refractivity contribution is 0.456. The molecule has 2 atom stereocenters. The molecule has 21 heavy (non-hydrogen) atoms. The maximum Gasteiger partial charge on any atom is 0.240 e. The number of rotatable bonds is 3. The van der Waals surface area contributed by atoms with Gasteiger partial charge in [0.2, 0.25) is 10.0 Å². The van der Waals surface area contributed by atoms with E-state index in [0.717, 1.165) is 43.9 Å². The number of nitriles is 1. The van der Waals surface area contributed by atoms with Crippen LogP contribution in [0.25, 0.3) is 0 Å². The van der Waals surface area contributed by atoms with Gasteiger partial charge >= 0.3 is 0 Å². The van der Waals surface area contributed by atoms with Gasteiger partial charge in [-0.15, -0.1) is 0 Å². The SMILES string of the molecule is N#Cc1cc(S(=O)(=O)NC2CCCCCC2N)ccc1F. The third kappa shape index (κ3) is 3.79. The van der Waals surface area contributed by atoms with E-state index in [1.54, 1.807) is 6.07 Å². The third-order valence-electron chi connectivity index (χ3n) is 3.74. The predicted molar refractivity (Wildman–Crippen MR) is 76.3 cm³/mol.